The van der Waals surface area contributed by atoms with Gasteiger partial charge in [-0.05, 0) is 49.8 Å². The number of hydrogen-bond donors (Lipinski definition) is 1. The third kappa shape index (κ3) is 3.42. The van der Waals surface area contributed by atoms with Crippen LogP contribution in [-0.4, -0.2) is 30.0 Å². The second kappa shape index (κ2) is 7.12. The Labute approximate surface area is 133 Å². The molecule has 3 heteroatoms. The van der Waals surface area contributed by atoms with Crippen molar-refractivity contribution in [3.05, 3.63) is 71.8 Å². The van der Waals surface area contributed by atoms with Gasteiger partial charge in [-0.1, -0.05) is 60.7 Å². The van der Waals surface area contributed by atoms with Crippen molar-refractivity contribution in [3.63, 3.8) is 0 Å². The molecule has 0 saturated carbocycles. The number of benzene rings is 2. The van der Waals surface area contributed by atoms with Crippen LogP contribution in [0.25, 0.3) is 0 Å². The Balaban J connectivity index is 1.84. The van der Waals surface area contributed by atoms with Gasteiger partial charge in [-0.2, -0.15) is 0 Å². The zero-order valence-electron chi connectivity index (χ0n) is 13.2. The van der Waals surface area contributed by atoms with E-state index in [1.54, 1.807) is 0 Å². The van der Waals surface area contributed by atoms with Crippen molar-refractivity contribution in [2.24, 2.45) is 5.92 Å². The van der Waals surface area contributed by atoms with Crippen LogP contribution in [0.5, 0.6) is 0 Å². The van der Waals surface area contributed by atoms with Gasteiger partial charge in [0, 0.05) is 5.92 Å². The standard InChI is InChI=1S/C19H24BNO/c1-20(22)21-14-12-18(13-15-21)19(16-8-4-2-5-9-16)17-10-6-3-7-11-17/h2-11,18-19,22H,12-15H2,1H3. The van der Waals surface area contributed by atoms with E-state index in [2.05, 4.69) is 65.5 Å². The highest BCUT2D eigenvalue weighted by atomic mass is 16.2. The van der Waals surface area contributed by atoms with E-state index in [0.29, 0.717) is 11.8 Å². The summed E-state index contributed by atoms with van der Waals surface area (Å²) in [7, 11) is -0.326. The van der Waals surface area contributed by atoms with Gasteiger partial charge >= 0.3 is 7.05 Å². The van der Waals surface area contributed by atoms with Gasteiger partial charge in [0.2, 0.25) is 0 Å². The SMILES string of the molecule is CB(O)N1CCC(C(c2ccccc2)c2ccccc2)CC1. The van der Waals surface area contributed by atoms with Crippen molar-refractivity contribution in [3.8, 4) is 0 Å². The van der Waals surface area contributed by atoms with E-state index < -0.39 is 0 Å². The molecule has 1 fully saturated rings. The van der Waals surface area contributed by atoms with E-state index in [4.69, 9.17) is 0 Å². The molecule has 1 heterocycles. The lowest BCUT2D eigenvalue weighted by atomic mass is 9.73. The molecule has 2 aromatic rings. The molecule has 0 bridgehead atoms. The Morgan fingerprint density at radius 1 is 0.909 bits per heavy atom. The Hall–Kier alpha value is -1.58. The Morgan fingerprint density at radius 3 is 1.77 bits per heavy atom. The molecule has 1 N–H and O–H groups in total. The van der Waals surface area contributed by atoms with E-state index >= 15 is 0 Å². The first-order valence-electron chi connectivity index (χ1n) is 8.27. The molecule has 0 aromatic heterocycles. The van der Waals surface area contributed by atoms with Crippen LogP contribution in [0.1, 0.15) is 29.9 Å². The van der Waals surface area contributed by atoms with Gasteiger partial charge in [-0.25, -0.2) is 0 Å². The van der Waals surface area contributed by atoms with E-state index in [9.17, 15) is 5.02 Å². The molecule has 3 rings (SSSR count). The van der Waals surface area contributed by atoms with Crippen molar-refractivity contribution >= 4 is 7.05 Å². The van der Waals surface area contributed by atoms with Crippen LogP contribution < -0.4 is 0 Å². The molecule has 1 aliphatic rings. The number of piperidine rings is 1. The second-order valence-electron chi connectivity index (χ2n) is 6.30. The topological polar surface area (TPSA) is 23.5 Å². The van der Waals surface area contributed by atoms with Crippen molar-refractivity contribution in [1.82, 2.24) is 4.81 Å². The summed E-state index contributed by atoms with van der Waals surface area (Å²) in [6.45, 7) is 3.84. The first kappa shape index (κ1) is 15.3. The Morgan fingerprint density at radius 2 is 1.36 bits per heavy atom. The zero-order valence-corrected chi connectivity index (χ0v) is 13.2. The lowest BCUT2D eigenvalue weighted by molar-refractivity contribution is 0.236. The third-order valence-electron chi connectivity index (χ3n) is 4.89. The summed E-state index contributed by atoms with van der Waals surface area (Å²) >= 11 is 0. The molecule has 22 heavy (non-hydrogen) atoms. The van der Waals surface area contributed by atoms with Gasteiger partial charge in [-0.15, -0.1) is 0 Å². The van der Waals surface area contributed by atoms with Crippen LogP contribution in [0, 0.1) is 5.92 Å². The molecule has 114 valence electrons. The lowest BCUT2D eigenvalue weighted by Gasteiger charge is -2.37. The number of rotatable bonds is 4. The van der Waals surface area contributed by atoms with Gasteiger partial charge in [0.15, 0.2) is 0 Å². The molecule has 0 spiro atoms. The predicted octanol–water partition coefficient (Wildman–Crippen LogP) is 3.64. The predicted molar refractivity (Wildman–Crippen MR) is 92.9 cm³/mol. The maximum Gasteiger partial charge on any atom is 0.376 e. The second-order valence-corrected chi connectivity index (χ2v) is 6.30. The van der Waals surface area contributed by atoms with Crippen LogP contribution >= 0.6 is 0 Å². The summed E-state index contributed by atoms with van der Waals surface area (Å²) in [5.41, 5.74) is 2.81. The molecule has 0 radical (unpaired) electrons. The van der Waals surface area contributed by atoms with Gasteiger partial charge in [0.1, 0.15) is 0 Å². The van der Waals surface area contributed by atoms with E-state index in [1.807, 2.05) is 6.82 Å². The lowest BCUT2D eigenvalue weighted by Crippen LogP contribution is -2.43. The monoisotopic (exact) mass is 293 g/mol. The largest absolute Gasteiger partial charge is 0.437 e. The number of nitrogens with zero attached hydrogens (tertiary/aromatic N) is 1. The van der Waals surface area contributed by atoms with Gasteiger partial charge in [-0.3, -0.25) is 0 Å². The molecule has 2 nitrogen and oxygen atoms in total. The highest BCUT2D eigenvalue weighted by Crippen LogP contribution is 2.37. The summed E-state index contributed by atoms with van der Waals surface area (Å²) in [6.07, 6.45) is 2.28. The average molecular weight is 293 g/mol. The molecule has 2 aromatic carbocycles. The smallest absolute Gasteiger partial charge is 0.376 e. The maximum absolute atomic E-state index is 9.76. The molecule has 0 aliphatic carbocycles. The van der Waals surface area contributed by atoms with Crippen molar-refractivity contribution in [2.45, 2.75) is 25.6 Å². The molecular formula is C19H24BNO. The van der Waals surface area contributed by atoms with E-state index in [1.165, 1.54) is 11.1 Å². The highest BCUT2D eigenvalue weighted by Gasteiger charge is 2.30. The normalized spacial score (nSPS) is 16.9. The Bertz CT molecular complexity index is 525. The zero-order chi connectivity index (χ0) is 15.4. The minimum absolute atomic E-state index is 0.326. The van der Waals surface area contributed by atoms with Crippen LogP contribution in [0.4, 0.5) is 0 Å². The average Bonchev–Trinajstić information content (AvgIpc) is 2.57. The first-order valence-corrected chi connectivity index (χ1v) is 8.27. The molecular weight excluding hydrogens is 269 g/mol. The van der Waals surface area contributed by atoms with Crippen molar-refractivity contribution in [2.75, 3.05) is 13.1 Å². The highest BCUT2D eigenvalue weighted by molar-refractivity contribution is 6.45. The molecule has 1 aliphatic heterocycles. The molecule has 0 unspecified atom stereocenters. The van der Waals surface area contributed by atoms with E-state index in [-0.39, 0.29) is 7.05 Å². The first-order chi connectivity index (χ1) is 10.8. The fourth-order valence-corrected chi connectivity index (χ4v) is 3.68. The summed E-state index contributed by atoms with van der Waals surface area (Å²) in [5, 5.41) is 9.76. The minimum Gasteiger partial charge on any atom is -0.437 e. The van der Waals surface area contributed by atoms with Gasteiger partial charge in [0.05, 0.1) is 0 Å². The van der Waals surface area contributed by atoms with Crippen LogP contribution in [0.15, 0.2) is 60.7 Å². The molecule has 0 atom stereocenters. The summed E-state index contributed by atoms with van der Waals surface area (Å²) in [6, 6.07) is 21.7. The van der Waals surface area contributed by atoms with Crippen LogP contribution in [-0.2, 0) is 0 Å². The third-order valence-corrected chi connectivity index (χ3v) is 4.89. The molecule has 0 amide bonds. The quantitative estimate of drug-likeness (QED) is 0.870. The van der Waals surface area contributed by atoms with Crippen LogP contribution in [0.3, 0.4) is 0 Å². The summed E-state index contributed by atoms with van der Waals surface area (Å²) in [5.74, 6) is 1.10. The minimum atomic E-state index is -0.326. The maximum atomic E-state index is 9.76. The fourth-order valence-electron chi connectivity index (χ4n) is 3.68. The van der Waals surface area contributed by atoms with Crippen LogP contribution in [0.2, 0.25) is 6.82 Å². The molecule has 1 saturated heterocycles. The van der Waals surface area contributed by atoms with Gasteiger partial charge < -0.3 is 9.83 Å². The number of hydrogen-bond acceptors (Lipinski definition) is 2. The fraction of sp³-hybridized carbons (Fsp3) is 0.368. The van der Waals surface area contributed by atoms with Crippen molar-refractivity contribution < 1.29 is 5.02 Å². The Kier molecular flexibility index (Phi) is 4.96. The summed E-state index contributed by atoms with van der Waals surface area (Å²) < 4.78 is 0. The summed E-state index contributed by atoms with van der Waals surface area (Å²) in [4.78, 5) is 2.17. The van der Waals surface area contributed by atoms with E-state index in [0.717, 1.165) is 25.9 Å². The van der Waals surface area contributed by atoms with Gasteiger partial charge in [0.25, 0.3) is 0 Å². The van der Waals surface area contributed by atoms with Crippen molar-refractivity contribution in [1.29, 1.82) is 0 Å².